The third kappa shape index (κ3) is 2.05. The molecule has 0 amide bonds. The summed E-state index contributed by atoms with van der Waals surface area (Å²) in [4.78, 5) is 0. The Bertz CT molecular complexity index is 655. The Hall–Kier alpha value is -2.36. The Morgan fingerprint density at radius 2 is 1.78 bits per heavy atom. The maximum atomic E-state index is 5.67. The van der Waals surface area contributed by atoms with Gasteiger partial charge in [0, 0.05) is 18.3 Å². The van der Waals surface area contributed by atoms with Crippen molar-refractivity contribution in [3.8, 4) is 0 Å². The number of hydrogen-bond donors (Lipinski definition) is 1. The maximum Gasteiger partial charge on any atom is 0.160 e. The zero-order chi connectivity index (χ0) is 12.4. The van der Waals surface area contributed by atoms with Gasteiger partial charge >= 0.3 is 0 Å². The molecular formula is C14H14N4. The monoisotopic (exact) mass is 238 g/mol. The van der Waals surface area contributed by atoms with Gasteiger partial charge < -0.3 is 5.73 Å². The molecule has 0 unspecified atom stereocenters. The van der Waals surface area contributed by atoms with E-state index in [4.69, 9.17) is 5.73 Å². The highest BCUT2D eigenvalue weighted by Crippen LogP contribution is 2.10. The number of aryl methyl sites for hydroxylation is 2. The molecule has 0 saturated carbocycles. The summed E-state index contributed by atoms with van der Waals surface area (Å²) in [5.41, 5.74) is 8.62. The van der Waals surface area contributed by atoms with Gasteiger partial charge in [-0.2, -0.15) is 0 Å². The molecule has 2 N–H and O–H groups in total. The number of nitrogens with zero attached hydrogens (tertiary/aromatic N) is 3. The molecule has 0 spiro atoms. The van der Waals surface area contributed by atoms with Crippen LogP contribution in [0.1, 0.15) is 11.4 Å². The lowest BCUT2D eigenvalue weighted by Gasteiger charge is -2.01. The summed E-state index contributed by atoms with van der Waals surface area (Å²) in [5.74, 6) is 0.988. The van der Waals surface area contributed by atoms with Crippen molar-refractivity contribution in [2.45, 2.75) is 12.8 Å². The second-order valence-corrected chi connectivity index (χ2v) is 4.29. The van der Waals surface area contributed by atoms with Crippen molar-refractivity contribution in [1.29, 1.82) is 0 Å². The summed E-state index contributed by atoms with van der Waals surface area (Å²) in [7, 11) is 0. The van der Waals surface area contributed by atoms with E-state index in [-0.39, 0.29) is 0 Å². The molecule has 0 aliphatic heterocycles. The summed E-state index contributed by atoms with van der Waals surface area (Å²) in [6, 6.07) is 13.9. The van der Waals surface area contributed by atoms with Gasteiger partial charge in [-0.3, -0.25) is 4.40 Å². The average Bonchev–Trinajstić information content (AvgIpc) is 2.82. The van der Waals surface area contributed by atoms with E-state index in [1.165, 1.54) is 5.56 Å². The van der Waals surface area contributed by atoms with Crippen LogP contribution in [0.15, 0.2) is 48.7 Å². The van der Waals surface area contributed by atoms with Crippen molar-refractivity contribution >= 4 is 11.3 Å². The van der Waals surface area contributed by atoms with Crippen LogP contribution in [0.4, 0.5) is 5.69 Å². The first-order valence-electron chi connectivity index (χ1n) is 5.96. The van der Waals surface area contributed by atoms with E-state index in [2.05, 4.69) is 22.3 Å². The molecule has 0 fully saturated rings. The molecule has 2 heterocycles. The number of nitrogen functional groups attached to an aromatic ring is 1. The van der Waals surface area contributed by atoms with Gasteiger partial charge in [0.15, 0.2) is 5.65 Å². The van der Waals surface area contributed by atoms with Gasteiger partial charge in [-0.15, -0.1) is 10.2 Å². The summed E-state index contributed by atoms with van der Waals surface area (Å²) < 4.78 is 2.03. The van der Waals surface area contributed by atoms with Gasteiger partial charge in [-0.05, 0) is 36.2 Å². The number of rotatable bonds is 3. The molecule has 90 valence electrons. The molecule has 0 saturated heterocycles. The normalized spacial score (nSPS) is 10.9. The third-order valence-corrected chi connectivity index (χ3v) is 3.00. The van der Waals surface area contributed by atoms with Gasteiger partial charge in [0.2, 0.25) is 0 Å². The topological polar surface area (TPSA) is 56.2 Å². The van der Waals surface area contributed by atoms with Crippen molar-refractivity contribution in [3.63, 3.8) is 0 Å². The van der Waals surface area contributed by atoms with E-state index >= 15 is 0 Å². The number of fused-ring (bicyclic) bond motifs is 1. The Labute approximate surface area is 105 Å². The van der Waals surface area contributed by atoms with Crippen molar-refractivity contribution in [2.24, 2.45) is 0 Å². The fraction of sp³-hybridized carbons (Fsp3) is 0.143. The third-order valence-electron chi connectivity index (χ3n) is 3.00. The number of nitrogens with two attached hydrogens (primary N) is 1. The zero-order valence-corrected chi connectivity index (χ0v) is 9.95. The summed E-state index contributed by atoms with van der Waals surface area (Å²) in [5, 5.41) is 8.35. The smallest absolute Gasteiger partial charge is 0.160 e. The molecular weight excluding hydrogens is 224 g/mol. The lowest BCUT2D eigenvalue weighted by Crippen LogP contribution is -1.98. The first kappa shape index (κ1) is 10.8. The van der Waals surface area contributed by atoms with E-state index in [0.717, 1.165) is 30.0 Å². The highest BCUT2D eigenvalue weighted by molar-refractivity contribution is 5.40. The minimum Gasteiger partial charge on any atom is -0.399 e. The first-order chi connectivity index (χ1) is 8.83. The molecule has 4 nitrogen and oxygen atoms in total. The lowest BCUT2D eigenvalue weighted by atomic mass is 10.1. The lowest BCUT2D eigenvalue weighted by molar-refractivity contribution is 0.839. The Morgan fingerprint density at radius 1 is 0.944 bits per heavy atom. The number of benzene rings is 1. The maximum absolute atomic E-state index is 5.67. The highest BCUT2D eigenvalue weighted by atomic mass is 15.2. The molecule has 0 aliphatic rings. The molecule has 0 aliphatic carbocycles. The van der Waals surface area contributed by atoms with E-state index < -0.39 is 0 Å². The van der Waals surface area contributed by atoms with Crippen LogP contribution in [0.25, 0.3) is 5.65 Å². The zero-order valence-electron chi connectivity index (χ0n) is 9.95. The molecule has 0 bridgehead atoms. The largest absolute Gasteiger partial charge is 0.399 e. The first-order valence-corrected chi connectivity index (χ1v) is 5.96. The predicted octanol–water partition coefficient (Wildman–Crippen LogP) is 2.10. The summed E-state index contributed by atoms with van der Waals surface area (Å²) in [6.07, 6.45) is 3.80. The van der Waals surface area contributed by atoms with Gasteiger partial charge in [0.05, 0.1) is 0 Å². The van der Waals surface area contributed by atoms with Crippen LogP contribution in [0.2, 0.25) is 0 Å². The number of anilines is 1. The SMILES string of the molecule is Nc1ccc(CCc2nnc3ccccn23)cc1. The molecule has 2 aromatic heterocycles. The van der Waals surface area contributed by atoms with Crippen LogP contribution in [0.5, 0.6) is 0 Å². The van der Waals surface area contributed by atoms with Crippen LogP contribution in [0.3, 0.4) is 0 Å². The van der Waals surface area contributed by atoms with Gasteiger partial charge in [0.1, 0.15) is 5.82 Å². The second kappa shape index (κ2) is 4.49. The Kier molecular flexibility index (Phi) is 2.68. The number of hydrogen-bond acceptors (Lipinski definition) is 3. The fourth-order valence-corrected chi connectivity index (χ4v) is 2.00. The molecule has 4 heteroatoms. The number of aromatic nitrogens is 3. The van der Waals surface area contributed by atoms with Crippen LogP contribution in [-0.4, -0.2) is 14.6 Å². The quantitative estimate of drug-likeness (QED) is 0.711. The summed E-state index contributed by atoms with van der Waals surface area (Å²) >= 11 is 0. The van der Waals surface area contributed by atoms with Gasteiger partial charge in [0.25, 0.3) is 0 Å². The van der Waals surface area contributed by atoms with Gasteiger partial charge in [-0.1, -0.05) is 18.2 Å². The second-order valence-electron chi connectivity index (χ2n) is 4.29. The van der Waals surface area contributed by atoms with Crippen LogP contribution in [-0.2, 0) is 12.8 Å². The van der Waals surface area contributed by atoms with E-state index in [1.807, 2.05) is 40.9 Å². The van der Waals surface area contributed by atoms with Crippen molar-refractivity contribution in [1.82, 2.24) is 14.6 Å². The molecule has 3 rings (SSSR count). The van der Waals surface area contributed by atoms with Gasteiger partial charge in [-0.25, -0.2) is 0 Å². The Morgan fingerprint density at radius 3 is 2.61 bits per heavy atom. The van der Waals surface area contributed by atoms with Crippen LogP contribution < -0.4 is 5.73 Å². The minimum absolute atomic E-state index is 0.798. The number of pyridine rings is 1. The molecule has 1 aromatic carbocycles. The molecule has 0 radical (unpaired) electrons. The fourth-order valence-electron chi connectivity index (χ4n) is 2.00. The van der Waals surface area contributed by atoms with Crippen molar-refractivity contribution in [2.75, 3.05) is 5.73 Å². The van der Waals surface area contributed by atoms with Crippen LogP contribution in [0, 0.1) is 0 Å². The van der Waals surface area contributed by atoms with E-state index in [0.29, 0.717) is 0 Å². The van der Waals surface area contributed by atoms with Crippen molar-refractivity contribution in [3.05, 3.63) is 60.0 Å². The van der Waals surface area contributed by atoms with Crippen molar-refractivity contribution < 1.29 is 0 Å². The van der Waals surface area contributed by atoms with E-state index in [9.17, 15) is 0 Å². The van der Waals surface area contributed by atoms with E-state index in [1.54, 1.807) is 0 Å². The Balaban J connectivity index is 1.79. The highest BCUT2D eigenvalue weighted by Gasteiger charge is 2.04. The predicted molar refractivity (Wildman–Crippen MR) is 71.2 cm³/mol. The minimum atomic E-state index is 0.798. The average molecular weight is 238 g/mol. The molecule has 3 aromatic rings. The van der Waals surface area contributed by atoms with Crippen LogP contribution >= 0.6 is 0 Å². The summed E-state index contributed by atoms with van der Waals surface area (Å²) in [6.45, 7) is 0. The standard InChI is InChI=1S/C14H14N4/c15-12-7-4-11(5-8-12)6-9-14-17-16-13-3-1-2-10-18(13)14/h1-5,7-8,10H,6,9,15H2. The molecule has 0 atom stereocenters. The molecule has 18 heavy (non-hydrogen) atoms.